The van der Waals surface area contributed by atoms with E-state index in [1.54, 1.807) is 0 Å². The summed E-state index contributed by atoms with van der Waals surface area (Å²) >= 11 is 0. The van der Waals surface area contributed by atoms with Gasteiger partial charge in [0.25, 0.3) is 0 Å². The highest BCUT2D eigenvalue weighted by atomic mass is 16.3. The van der Waals surface area contributed by atoms with Crippen LogP contribution in [-0.4, -0.2) is 16.3 Å². The maximum absolute atomic E-state index is 9.94. The molecule has 1 rings (SSSR count). The van der Waals surface area contributed by atoms with Crippen LogP contribution >= 0.6 is 0 Å². The van der Waals surface area contributed by atoms with E-state index in [1.807, 2.05) is 42.5 Å². The van der Waals surface area contributed by atoms with Crippen LogP contribution < -0.4 is 0 Å². The molecule has 0 saturated heterocycles. The van der Waals surface area contributed by atoms with Gasteiger partial charge in [0.05, 0.1) is 12.2 Å². The van der Waals surface area contributed by atoms with Crippen molar-refractivity contribution in [2.24, 2.45) is 0 Å². The van der Waals surface area contributed by atoms with Gasteiger partial charge in [-0.15, -0.1) is 0 Å². The summed E-state index contributed by atoms with van der Waals surface area (Å²) in [5, 5.41) is 19.7. The Bertz CT molecular complexity index is 359. The van der Waals surface area contributed by atoms with Crippen LogP contribution in [0.15, 0.2) is 42.5 Å². The van der Waals surface area contributed by atoms with Crippen LogP contribution in [0.25, 0.3) is 0 Å². The number of hydrogen-bond donors (Lipinski definition) is 2. The van der Waals surface area contributed by atoms with Gasteiger partial charge in [-0.1, -0.05) is 68.7 Å². The second kappa shape index (κ2) is 10.6. The topological polar surface area (TPSA) is 40.5 Å². The minimum absolute atomic E-state index is 0.158. The van der Waals surface area contributed by atoms with Gasteiger partial charge in [-0.25, -0.2) is 0 Å². The summed E-state index contributed by atoms with van der Waals surface area (Å²) in [4.78, 5) is 0. The number of aliphatic hydroxyl groups is 2. The molecule has 0 aliphatic carbocycles. The molecule has 1 aromatic carbocycles. The predicted molar refractivity (Wildman–Crippen MR) is 84.5 cm³/mol. The molecule has 2 N–H and O–H groups in total. The molecule has 0 fully saturated rings. The smallest absolute Gasteiger partial charge is 0.0971 e. The van der Waals surface area contributed by atoms with E-state index >= 15 is 0 Å². The molecule has 0 aromatic heterocycles. The lowest BCUT2D eigenvalue weighted by Crippen LogP contribution is -2.05. The highest BCUT2D eigenvalue weighted by Gasteiger charge is 2.03. The molecular weight excluding hydrogens is 248 g/mol. The third kappa shape index (κ3) is 7.46. The summed E-state index contributed by atoms with van der Waals surface area (Å²) < 4.78 is 0. The first-order chi connectivity index (χ1) is 9.74. The molecule has 2 unspecified atom stereocenters. The first-order valence-electron chi connectivity index (χ1n) is 7.81. The van der Waals surface area contributed by atoms with Crippen LogP contribution in [0.1, 0.15) is 63.5 Å². The second-order valence-corrected chi connectivity index (χ2v) is 5.36. The van der Waals surface area contributed by atoms with Crippen molar-refractivity contribution < 1.29 is 10.2 Å². The summed E-state index contributed by atoms with van der Waals surface area (Å²) in [5.74, 6) is 0. The molecule has 0 aliphatic rings. The van der Waals surface area contributed by atoms with Gasteiger partial charge in [-0.2, -0.15) is 0 Å². The number of rotatable bonds is 10. The number of hydrogen-bond acceptors (Lipinski definition) is 2. The van der Waals surface area contributed by atoms with Gasteiger partial charge in [0.2, 0.25) is 0 Å². The molecule has 20 heavy (non-hydrogen) atoms. The summed E-state index contributed by atoms with van der Waals surface area (Å²) in [6.45, 7) is 2.18. The van der Waals surface area contributed by atoms with Crippen molar-refractivity contribution in [1.82, 2.24) is 0 Å². The van der Waals surface area contributed by atoms with E-state index in [4.69, 9.17) is 0 Å². The van der Waals surface area contributed by atoms with Crippen LogP contribution in [0.3, 0.4) is 0 Å². The van der Waals surface area contributed by atoms with Gasteiger partial charge >= 0.3 is 0 Å². The first-order valence-corrected chi connectivity index (χ1v) is 7.81. The van der Waals surface area contributed by atoms with Crippen molar-refractivity contribution in [2.75, 3.05) is 0 Å². The fourth-order valence-electron chi connectivity index (χ4n) is 2.23. The number of unbranched alkanes of at least 4 members (excludes halogenated alkanes) is 3. The largest absolute Gasteiger partial charge is 0.393 e. The Morgan fingerprint density at radius 1 is 1.00 bits per heavy atom. The number of benzene rings is 1. The van der Waals surface area contributed by atoms with Crippen molar-refractivity contribution in [3.63, 3.8) is 0 Å². The van der Waals surface area contributed by atoms with Gasteiger partial charge in [0.15, 0.2) is 0 Å². The zero-order chi connectivity index (χ0) is 14.6. The summed E-state index contributed by atoms with van der Waals surface area (Å²) in [7, 11) is 0. The molecule has 112 valence electrons. The van der Waals surface area contributed by atoms with Crippen LogP contribution in [0, 0.1) is 0 Å². The molecule has 2 atom stereocenters. The Kier molecular flexibility index (Phi) is 9.01. The second-order valence-electron chi connectivity index (χ2n) is 5.36. The van der Waals surface area contributed by atoms with E-state index < -0.39 is 6.10 Å². The summed E-state index contributed by atoms with van der Waals surface area (Å²) in [5.41, 5.74) is 0.920. The van der Waals surface area contributed by atoms with Crippen LogP contribution in [0.5, 0.6) is 0 Å². The van der Waals surface area contributed by atoms with Gasteiger partial charge < -0.3 is 10.2 Å². The fourth-order valence-corrected chi connectivity index (χ4v) is 2.23. The van der Waals surface area contributed by atoms with Gasteiger partial charge in [-0.3, -0.25) is 0 Å². The molecule has 0 heterocycles. The first kappa shape index (κ1) is 16.9. The van der Waals surface area contributed by atoms with Gasteiger partial charge in [0, 0.05) is 0 Å². The van der Waals surface area contributed by atoms with Crippen molar-refractivity contribution in [3.05, 3.63) is 48.0 Å². The van der Waals surface area contributed by atoms with E-state index in [1.165, 1.54) is 12.8 Å². The molecule has 2 nitrogen and oxygen atoms in total. The van der Waals surface area contributed by atoms with Crippen molar-refractivity contribution in [2.45, 2.75) is 64.1 Å². The summed E-state index contributed by atoms with van der Waals surface area (Å²) in [6.07, 6.45) is 10.4. The molecule has 0 amide bonds. The van der Waals surface area contributed by atoms with Crippen LogP contribution in [0.2, 0.25) is 0 Å². The van der Waals surface area contributed by atoms with Gasteiger partial charge in [-0.05, 0) is 31.2 Å². The third-order valence-electron chi connectivity index (χ3n) is 3.51. The Hall–Kier alpha value is -1.12. The molecule has 0 saturated carbocycles. The van der Waals surface area contributed by atoms with E-state index in [0.717, 1.165) is 37.7 Å². The predicted octanol–water partition coefficient (Wildman–Crippen LogP) is 4.39. The van der Waals surface area contributed by atoms with Crippen molar-refractivity contribution in [3.8, 4) is 0 Å². The highest BCUT2D eigenvalue weighted by Crippen LogP contribution is 2.14. The van der Waals surface area contributed by atoms with Crippen molar-refractivity contribution >= 4 is 0 Å². The Morgan fingerprint density at radius 2 is 1.70 bits per heavy atom. The average Bonchev–Trinajstić information content (AvgIpc) is 2.48. The fraction of sp³-hybridized carbons (Fsp3) is 0.556. The normalized spacial score (nSPS) is 14.6. The molecule has 0 spiro atoms. The summed E-state index contributed by atoms with van der Waals surface area (Å²) in [6, 6.07) is 9.65. The minimum atomic E-state index is -0.523. The molecule has 0 radical (unpaired) electrons. The monoisotopic (exact) mass is 276 g/mol. The molecule has 1 aromatic rings. The van der Waals surface area contributed by atoms with Gasteiger partial charge in [0.1, 0.15) is 0 Å². The quantitative estimate of drug-likeness (QED) is 0.491. The average molecular weight is 276 g/mol. The van der Waals surface area contributed by atoms with E-state index in [2.05, 4.69) is 6.92 Å². The number of aliphatic hydroxyl groups excluding tert-OH is 2. The lowest BCUT2D eigenvalue weighted by Gasteiger charge is -2.09. The van der Waals surface area contributed by atoms with Crippen LogP contribution in [0.4, 0.5) is 0 Å². The van der Waals surface area contributed by atoms with Crippen molar-refractivity contribution in [1.29, 1.82) is 0 Å². The van der Waals surface area contributed by atoms with E-state index in [9.17, 15) is 10.2 Å². The third-order valence-corrected chi connectivity index (χ3v) is 3.51. The Balaban J connectivity index is 2.13. The lowest BCUT2D eigenvalue weighted by molar-refractivity contribution is 0.149. The van der Waals surface area contributed by atoms with E-state index in [0.29, 0.717) is 0 Å². The standard InChI is InChI=1S/C18H28O2/c1-2-3-6-13-17(19)14-9-5-10-15-18(20)16-11-7-4-8-12-16/h4,7-8,10-12,15,17-20H,2-3,5-6,9,13-14H2,1H3/b15-10+. The molecule has 2 heteroatoms. The molecule has 0 aliphatic heterocycles. The minimum Gasteiger partial charge on any atom is -0.393 e. The van der Waals surface area contributed by atoms with E-state index in [-0.39, 0.29) is 6.10 Å². The lowest BCUT2D eigenvalue weighted by atomic mass is 10.0. The SMILES string of the molecule is CCCCCC(O)CCC/C=C/C(O)c1ccccc1. The molecule has 0 bridgehead atoms. The number of allylic oxidation sites excluding steroid dienone is 1. The zero-order valence-electron chi connectivity index (χ0n) is 12.5. The maximum atomic E-state index is 9.94. The Labute approximate surface area is 123 Å². The van der Waals surface area contributed by atoms with Crippen LogP contribution in [-0.2, 0) is 0 Å². The maximum Gasteiger partial charge on any atom is 0.0971 e. The molecular formula is C18H28O2. The Morgan fingerprint density at radius 3 is 2.40 bits per heavy atom. The zero-order valence-corrected chi connectivity index (χ0v) is 12.5. The highest BCUT2D eigenvalue weighted by molar-refractivity contribution is 5.20.